The Bertz CT molecular complexity index is 436. The molecule has 21 heavy (non-hydrogen) atoms. The molecule has 0 radical (unpaired) electrons. The first-order valence-electron chi connectivity index (χ1n) is 8.22. The number of thiophene rings is 1. The van der Waals surface area contributed by atoms with Crippen molar-refractivity contribution in [2.75, 3.05) is 19.7 Å². The summed E-state index contributed by atoms with van der Waals surface area (Å²) >= 11 is 1.85. The largest absolute Gasteiger partial charge is 0.466 e. The molecule has 0 amide bonds. The highest BCUT2D eigenvalue weighted by atomic mass is 32.1. The lowest BCUT2D eigenvalue weighted by atomic mass is 10.1. The van der Waals surface area contributed by atoms with E-state index in [1.54, 1.807) is 0 Å². The van der Waals surface area contributed by atoms with Crippen LogP contribution in [0.3, 0.4) is 0 Å². The fourth-order valence-electron chi connectivity index (χ4n) is 2.96. The fourth-order valence-corrected chi connectivity index (χ4v) is 4.05. The average molecular weight is 309 g/mol. The van der Waals surface area contributed by atoms with Crippen LogP contribution in [0.4, 0.5) is 0 Å². The molecule has 2 heterocycles. The third-order valence-electron chi connectivity index (χ3n) is 4.11. The molecule has 0 aromatic carbocycles. The van der Waals surface area contributed by atoms with Gasteiger partial charge in [0.05, 0.1) is 19.1 Å². The van der Waals surface area contributed by atoms with Gasteiger partial charge in [0.15, 0.2) is 0 Å². The molecule has 1 aliphatic rings. The van der Waals surface area contributed by atoms with Gasteiger partial charge in [-0.2, -0.15) is 0 Å². The maximum absolute atomic E-state index is 12.0. The van der Waals surface area contributed by atoms with E-state index in [1.165, 1.54) is 35.4 Å². The predicted molar refractivity (Wildman–Crippen MR) is 87.7 cm³/mol. The average Bonchev–Trinajstić information content (AvgIpc) is 2.79. The standard InChI is InChI=1S/C17H27NO2S/c1-3-14-9-10-16(21-14)15(13-17(19)20-4-2)18-11-7-5-6-8-12-18/h9-10,15H,3-8,11-13H2,1-2H3. The van der Waals surface area contributed by atoms with Crippen molar-refractivity contribution < 1.29 is 9.53 Å². The van der Waals surface area contributed by atoms with Crippen LogP contribution in [0.2, 0.25) is 0 Å². The van der Waals surface area contributed by atoms with Crippen molar-refractivity contribution in [3.8, 4) is 0 Å². The van der Waals surface area contributed by atoms with E-state index in [1.807, 2.05) is 18.3 Å². The Morgan fingerprint density at radius 1 is 1.24 bits per heavy atom. The number of rotatable bonds is 6. The summed E-state index contributed by atoms with van der Waals surface area (Å²) in [7, 11) is 0. The first-order valence-corrected chi connectivity index (χ1v) is 9.04. The molecule has 0 saturated carbocycles. The van der Waals surface area contributed by atoms with Gasteiger partial charge >= 0.3 is 5.97 Å². The summed E-state index contributed by atoms with van der Waals surface area (Å²) in [5.41, 5.74) is 0. The maximum atomic E-state index is 12.0. The molecule has 1 saturated heterocycles. The number of esters is 1. The van der Waals surface area contributed by atoms with Crippen LogP contribution in [0, 0.1) is 0 Å². The Kier molecular flexibility index (Phi) is 6.71. The molecule has 1 unspecified atom stereocenters. The van der Waals surface area contributed by atoms with Crippen LogP contribution in [0.1, 0.15) is 61.7 Å². The zero-order valence-electron chi connectivity index (χ0n) is 13.3. The van der Waals surface area contributed by atoms with E-state index in [0.717, 1.165) is 19.5 Å². The van der Waals surface area contributed by atoms with Crippen LogP contribution in [0.25, 0.3) is 0 Å². The lowest BCUT2D eigenvalue weighted by Gasteiger charge is -2.29. The summed E-state index contributed by atoms with van der Waals surface area (Å²) in [5.74, 6) is -0.0711. The molecule has 4 heteroatoms. The molecule has 1 aliphatic heterocycles. The van der Waals surface area contributed by atoms with Gasteiger partial charge in [-0.25, -0.2) is 0 Å². The Balaban J connectivity index is 2.13. The minimum absolute atomic E-state index is 0.0711. The molecule has 1 aromatic heterocycles. The number of likely N-dealkylation sites (tertiary alicyclic amines) is 1. The summed E-state index contributed by atoms with van der Waals surface area (Å²) < 4.78 is 5.19. The fraction of sp³-hybridized carbons (Fsp3) is 0.706. The summed E-state index contributed by atoms with van der Waals surface area (Å²) in [5, 5.41) is 0. The Morgan fingerprint density at radius 3 is 2.52 bits per heavy atom. The summed E-state index contributed by atoms with van der Waals surface area (Å²) in [6.07, 6.45) is 6.66. The first-order chi connectivity index (χ1) is 10.2. The third-order valence-corrected chi connectivity index (χ3v) is 5.44. The second-order valence-corrected chi connectivity index (χ2v) is 6.83. The number of ether oxygens (including phenoxy) is 1. The van der Waals surface area contributed by atoms with Gasteiger partial charge < -0.3 is 4.74 Å². The molecular weight excluding hydrogens is 282 g/mol. The number of hydrogen-bond acceptors (Lipinski definition) is 4. The quantitative estimate of drug-likeness (QED) is 0.738. The molecular formula is C17H27NO2S. The van der Waals surface area contributed by atoms with E-state index in [2.05, 4.69) is 24.0 Å². The molecule has 0 aliphatic carbocycles. The van der Waals surface area contributed by atoms with Gasteiger partial charge in [-0.1, -0.05) is 19.8 Å². The molecule has 2 rings (SSSR count). The van der Waals surface area contributed by atoms with Crippen molar-refractivity contribution >= 4 is 17.3 Å². The third kappa shape index (κ3) is 4.82. The number of nitrogens with zero attached hydrogens (tertiary/aromatic N) is 1. The minimum atomic E-state index is -0.0711. The molecule has 0 N–H and O–H groups in total. The van der Waals surface area contributed by atoms with E-state index in [4.69, 9.17) is 4.74 Å². The van der Waals surface area contributed by atoms with E-state index < -0.39 is 0 Å². The normalized spacial score (nSPS) is 18.2. The highest BCUT2D eigenvalue weighted by molar-refractivity contribution is 7.12. The molecule has 0 spiro atoms. The second kappa shape index (κ2) is 8.54. The van der Waals surface area contributed by atoms with E-state index in [9.17, 15) is 4.79 Å². The minimum Gasteiger partial charge on any atom is -0.466 e. The van der Waals surface area contributed by atoms with Gasteiger partial charge in [-0.05, 0) is 51.4 Å². The number of carbonyl (C=O) groups excluding carboxylic acids is 1. The van der Waals surface area contributed by atoms with Crippen LogP contribution >= 0.6 is 11.3 Å². The van der Waals surface area contributed by atoms with Gasteiger partial charge in [0.1, 0.15) is 0 Å². The topological polar surface area (TPSA) is 29.5 Å². The zero-order chi connectivity index (χ0) is 15.1. The molecule has 0 bridgehead atoms. The van der Waals surface area contributed by atoms with Crippen molar-refractivity contribution in [3.63, 3.8) is 0 Å². The SMILES string of the molecule is CCOC(=O)CC(c1ccc(CC)s1)N1CCCCCC1. The molecule has 1 fully saturated rings. The smallest absolute Gasteiger partial charge is 0.307 e. The van der Waals surface area contributed by atoms with E-state index in [0.29, 0.717) is 13.0 Å². The zero-order valence-corrected chi connectivity index (χ0v) is 14.1. The lowest BCUT2D eigenvalue weighted by molar-refractivity contribution is -0.144. The highest BCUT2D eigenvalue weighted by Crippen LogP contribution is 2.32. The van der Waals surface area contributed by atoms with Crippen LogP contribution in [0.15, 0.2) is 12.1 Å². The van der Waals surface area contributed by atoms with Gasteiger partial charge in [0, 0.05) is 9.75 Å². The Labute approximate surface area is 132 Å². The number of carbonyl (C=O) groups is 1. The van der Waals surface area contributed by atoms with Gasteiger partial charge in [-0.15, -0.1) is 11.3 Å². The van der Waals surface area contributed by atoms with Crippen molar-refractivity contribution in [1.82, 2.24) is 4.90 Å². The molecule has 118 valence electrons. The highest BCUT2D eigenvalue weighted by Gasteiger charge is 2.25. The predicted octanol–water partition coefficient (Wildman–Crippen LogP) is 4.18. The lowest BCUT2D eigenvalue weighted by Crippen LogP contribution is -2.31. The first kappa shape index (κ1) is 16.5. The Hall–Kier alpha value is -0.870. The van der Waals surface area contributed by atoms with Crippen molar-refractivity contribution in [3.05, 3.63) is 21.9 Å². The Morgan fingerprint density at radius 2 is 1.95 bits per heavy atom. The van der Waals surface area contributed by atoms with Crippen LogP contribution in [-0.2, 0) is 16.0 Å². The van der Waals surface area contributed by atoms with E-state index in [-0.39, 0.29) is 12.0 Å². The summed E-state index contributed by atoms with van der Waals surface area (Å²) in [6.45, 7) is 6.73. The molecule has 3 nitrogen and oxygen atoms in total. The summed E-state index contributed by atoms with van der Waals surface area (Å²) in [4.78, 5) is 17.2. The molecule has 1 atom stereocenters. The molecule has 1 aromatic rings. The van der Waals surface area contributed by atoms with Gasteiger partial charge in [0.2, 0.25) is 0 Å². The van der Waals surface area contributed by atoms with Crippen molar-refractivity contribution in [1.29, 1.82) is 0 Å². The van der Waals surface area contributed by atoms with Gasteiger partial charge in [-0.3, -0.25) is 9.69 Å². The van der Waals surface area contributed by atoms with Crippen LogP contribution < -0.4 is 0 Å². The second-order valence-electron chi connectivity index (χ2n) is 5.63. The number of hydrogen-bond donors (Lipinski definition) is 0. The number of aryl methyl sites for hydroxylation is 1. The maximum Gasteiger partial charge on any atom is 0.307 e. The summed E-state index contributed by atoms with van der Waals surface area (Å²) in [6, 6.07) is 4.61. The van der Waals surface area contributed by atoms with Crippen LogP contribution in [0.5, 0.6) is 0 Å². The van der Waals surface area contributed by atoms with Gasteiger partial charge in [0.25, 0.3) is 0 Å². The monoisotopic (exact) mass is 309 g/mol. The van der Waals surface area contributed by atoms with Crippen molar-refractivity contribution in [2.45, 2.75) is 58.4 Å². The van der Waals surface area contributed by atoms with Crippen LogP contribution in [-0.4, -0.2) is 30.6 Å². The van der Waals surface area contributed by atoms with E-state index >= 15 is 0 Å². The van der Waals surface area contributed by atoms with Crippen molar-refractivity contribution in [2.24, 2.45) is 0 Å².